The second-order valence-corrected chi connectivity index (χ2v) is 13.3. The van der Waals surface area contributed by atoms with E-state index in [4.69, 9.17) is 11.6 Å². The van der Waals surface area contributed by atoms with Crippen LogP contribution in [0.3, 0.4) is 0 Å². The van der Waals surface area contributed by atoms with Crippen molar-refractivity contribution in [3.63, 3.8) is 0 Å². The number of halogens is 4. The fourth-order valence-electron chi connectivity index (χ4n) is 7.63. The normalized spacial score (nSPS) is 24.1. The third-order valence-corrected chi connectivity index (χ3v) is 10.1. The molecule has 1 aliphatic heterocycles. The number of aromatic nitrogens is 3. The predicted octanol–water partition coefficient (Wildman–Crippen LogP) is 6.26. The third-order valence-electron chi connectivity index (χ3n) is 9.91. The van der Waals surface area contributed by atoms with Gasteiger partial charge >= 0.3 is 6.18 Å². The first-order valence-corrected chi connectivity index (χ1v) is 15.1. The van der Waals surface area contributed by atoms with E-state index >= 15 is 0 Å². The monoisotopic (exact) mass is 607 g/mol. The van der Waals surface area contributed by atoms with Crippen molar-refractivity contribution < 1.29 is 18.0 Å². The number of alkyl halides is 3. The first-order chi connectivity index (χ1) is 20.4. The summed E-state index contributed by atoms with van der Waals surface area (Å²) >= 11 is 6.04. The van der Waals surface area contributed by atoms with Gasteiger partial charge < -0.3 is 4.90 Å². The molecule has 4 fully saturated rings. The van der Waals surface area contributed by atoms with Crippen molar-refractivity contribution in [3.05, 3.63) is 99.2 Å². The van der Waals surface area contributed by atoms with Crippen LogP contribution in [0, 0.1) is 6.92 Å². The Morgan fingerprint density at radius 2 is 1.72 bits per heavy atom. The van der Waals surface area contributed by atoms with E-state index in [1.807, 2.05) is 29.8 Å². The SMILES string of the molecule is Cc1ccc(C(=O)Cc2ccc(CN3CCN(C)CC3)c(C(F)(F)F)c2)cc1C12CC(c3cnc4cc(Cl)ncn34)(C1)C2. The molecule has 224 valence electrons. The number of hydrogen-bond acceptors (Lipinski definition) is 5. The van der Waals surface area contributed by atoms with Gasteiger partial charge in [0, 0.05) is 62.4 Å². The minimum absolute atomic E-state index is 0.00125. The van der Waals surface area contributed by atoms with Gasteiger partial charge in [0.05, 0.1) is 11.3 Å². The number of rotatable bonds is 7. The quantitative estimate of drug-likeness (QED) is 0.183. The number of Topliss-reactive ketones (excluding diaryl/α,β-unsaturated/α-hetero) is 1. The molecule has 4 aliphatic rings. The average molecular weight is 608 g/mol. The highest BCUT2D eigenvalue weighted by Gasteiger charge is 2.70. The van der Waals surface area contributed by atoms with Gasteiger partial charge in [-0.15, -0.1) is 0 Å². The van der Waals surface area contributed by atoms with Gasteiger partial charge in [-0.05, 0) is 73.0 Å². The molecule has 2 bridgehead atoms. The molecule has 8 rings (SSSR count). The zero-order chi connectivity index (χ0) is 30.1. The van der Waals surface area contributed by atoms with Gasteiger partial charge in [-0.2, -0.15) is 13.2 Å². The number of ketones is 1. The molecule has 10 heteroatoms. The maximum atomic E-state index is 14.1. The van der Waals surface area contributed by atoms with Gasteiger partial charge in [-0.25, -0.2) is 9.97 Å². The lowest BCUT2D eigenvalue weighted by Gasteiger charge is -2.71. The summed E-state index contributed by atoms with van der Waals surface area (Å²) < 4.78 is 44.3. The Bertz CT molecular complexity index is 1720. The van der Waals surface area contributed by atoms with Gasteiger partial charge in [0.25, 0.3) is 0 Å². The van der Waals surface area contributed by atoms with Crippen molar-refractivity contribution in [1.29, 1.82) is 0 Å². The van der Waals surface area contributed by atoms with E-state index in [-0.39, 0.29) is 35.1 Å². The maximum absolute atomic E-state index is 14.1. The largest absolute Gasteiger partial charge is 0.416 e. The van der Waals surface area contributed by atoms with Gasteiger partial charge in [0.1, 0.15) is 17.1 Å². The van der Waals surface area contributed by atoms with Crippen molar-refractivity contribution in [2.24, 2.45) is 0 Å². The second kappa shape index (κ2) is 10.1. The Labute approximate surface area is 253 Å². The number of aryl methyl sites for hydroxylation is 1. The summed E-state index contributed by atoms with van der Waals surface area (Å²) in [6, 6.07) is 11.9. The van der Waals surface area contributed by atoms with E-state index in [2.05, 4.69) is 26.7 Å². The Morgan fingerprint density at radius 3 is 2.44 bits per heavy atom. The molecule has 1 saturated heterocycles. The fourth-order valence-corrected chi connectivity index (χ4v) is 7.78. The van der Waals surface area contributed by atoms with Gasteiger partial charge in [-0.1, -0.05) is 35.9 Å². The van der Waals surface area contributed by atoms with E-state index < -0.39 is 11.7 Å². The number of fused-ring (bicyclic) bond motifs is 1. The minimum atomic E-state index is -4.48. The van der Waals surface area contributed by atoms with Crippen LogP contribution >= 0.6 is 11.6 Å². The van der Waals surface area contributed by atoms with E-state index in [9.17, 15) is 18.0 Å². The lowest BCUT2D eigenvalue weighted by atomic mass is 9.32. The molecule has 0 spiro atoms. The Balaban J connectivity index is 1.08. The third kappa shape index (κ3) is 4.95. The van der Waals surface area contributed by atoms with Crippen LogP contribution in [0.4, 0.5) is 13.2 Å². The van der Waals surface area contributed by atoms with Crippen LogP contribution in [0.2, 0.25) is 5.15 Å². The lowest BCUT2D eigenvalue weighted by molar-refractivity contribution is -0.138. The van der Waals surface area contributed by atoms with E-state index in [1.54, 1.807) is 30.6 Å². The highest BCUT2D eigenvalue weighted by Crippen LogP contribution is 2.74. The lowest BCUT2D eigenvalue weighted by Crippen LogP contribution is -2.67. The molecule has 2 aromatic heterocycles. The van der Waals surface area contributed by atoms with Gasteiger partial charge in [0.15, 0.2) is 5.78 Å². The topological polar surface area (TPSA) is 53.7 Å². The zero-order valence-electron chi connectivity index (χ0n) is 24.2. The molecule has 3 heterocycles. The predicted molar refractivity (Wildman–Crippen MR) is 159 cm³/mol. The van der Waals surface area contributed by atoms with Crippen molar-refractivity contribution in [2.45, 2.75) is 56.2 Å². The van der Waals surface area contributed by atoms with Crippen LogP contribution in [0.1, 0.15) is 63.1 Å². The number of carbonyl (C=O) groups is 1. The maximum Gasteiger partial charge on any atom is 0.416 e. The van der Waals surface area contributed by atoms with Crippen molar-refractivity contribution in [3.8, 4) is 0 Å². The van der Waals surface area contributed by atoms with Gasteiger partial charge in [0.2, 0.25) is 0 Å². The molecule has 0 radical (unpaired) electrons. The molecule has 0 N–H and O–H groups in total. The number of carbonyl (C=O) groups excluding carboxylic acids is 1. The summed E-state index contributed by atoms with van der Waals surface area (Å²) in [6.45, 7) is 5.45. The second-order valence-electron chi connectivity index (χ2n) is 12.9. The van der Waals surface area contributed by atoms with Gasteiger partial charge in [-0.3, -0.25) is 14.1 Å². The highest BCUT2D eigenvalue weighted by molar-refractivity contribution is 6.29. The molecular formula is C33H33ClF3N5O. The van der Waals surface area contributed by atoms with E-state index in [0.717, 1.165) is 67.9 Å². The number of benzene rings is 2. The molecule has 43 heavy (non-hydrogen) atoms. The van der Waals surface area contributed by atoms with Crippen molar-refractivity contribution in [1.82, 2.24) is 24.2 Å². The van der Waals surface area contributed by atoms with Crippen LogP contribution in [0.25, 0.3) is 5.65 Å². The molecule has 4 aromatic rings. The Kier molecular flexibility index (Phi) is 6.72. The van der Waals surface area contributed by atoms with Crippen LogP contribution < -0.4 is 0 Å². The van der Waals surface area contributed by atoms with Crippen LogP contribution in [0.5, 0.6) is 0 Å². The number of imidazole rings is 1. The molecule has 6 nitrogen and oxygen atoms in total. The highest BCUT2D eigenvalue weighted by atomic mass is 35.5. The number of piperazine rings is 1. The Morgan fingerprint density at radius 1 is 0.977 bits per heavy atom. The number of likely N-dealkylation sites (N-methyl/N-ethyl adjacent to an activating group) is 1. The van der Waals surface area contributed by atoms with E-state index in [1.165, 1.54) is 6.07 Å². The zero-order valence-corrected chi connectivity index (χ0v) is 25.0. The van der Waals surface area contributed by atoms with Crippen LogP contribution in [-0.4, -0.2) is 63.2 Å². The number of hydrogen-bond donors (Lipinski definition) is 0. The molecule has 3 saturated carbocycles. The molecule has 0 unspecified atom stereocenters. The fraction of sp³-hybridized carbons (Fsp3) is 0.424. The first kappa shape index (κ1) is 28.5. The van der Waals surface area contributed by atoms with Crippen molar-refractivity contribution >= 4 is 23.0 Å². The number of nitrogens with zero attached hydrogens (tertiary/aromatic N) is 5. The summed E-state index contributed by atoms with van der Waals surface area (Å²) in [5.41, 5.74) is 4.76. The summed E-state index contributed by atoms with van der Waals surface area (Å²) in [4.78, 5) is 26.4. The Hall–Kier alpha value is -3.27. The summed E-state index contributed by atoms with van der Waals surface area (Å²) in [5, 5.41) is 0.409. The van der Waals surface area contributed by atoms with E-state index in [0.29, 0.717) is 16.3 Å². The summed E-state index contributed by atoms with van der Waals surface area (Å²) in [5.74, 6) is -0.174. The standard InChI is InChI=1S/C33H33ClF3N5O/c1-21-3-5-23(13-25(21)31-17-32(18-31,19-31)28-15-38-30-14-29(34)39-20-42(28)30)27(43)12-22-4-6-24(26(11-22)33(35,36)37)16-41-9-7-40(2)8-10-41/h3-6,11,13-15,20H,7-10,12,16-19H2,1-2H3. The molecule has 3 aliphatic carbocycles. The summed E-state index contributed by atoms with van der Waals surface area (Å²) in [7, 11) is 2.02. The average Bonchev–Trinajstić information content (AvgIpc) is 3.32. The molecule has 2 aromatic carbocycles. The molecule has 0 amide bonds. The molecular weight excluding hydrogens is 575 g/mol. The van der Waals surface area contributed by atoms with Crippen LogP contribution in [-0.2, 0) is 30.0 Å². The van der Waals surface area contributed by atoms with Crippen LogP contribution in [0.15, 0.2) is 55.0 Å². The minimum Gasteiger partial charge on any atom is -0.304 e. The first-order valence-electron chi connectivity index (χ1n) is 14.7. The smallest absolute Gasteiger partial charge is 0.304 e. The molecule has 0 atom stereocenters. The van der Waals surface area contributed by atoms with Crippen molar-refractivity contribution in [2.75, 3.05) is 33.2 Å². The summed E-state index contributed by atoms with van der Waals surface area (Å²) in [6.07, 6.45) is 1.95.